The molecule has 2 rings (SSSR count). The van der Waals surface area contributed by atoms with E-state index >= 15 is 0 Å². The number of carbonyl (C=O) groups excluding carboxylic acids is 1. The van der Waals surface area contributed by atoms with Gasteiger partial charge in [-0.3, -0.25) is 9.59 Å². The molecule has 108 valence electrons. The summed E-state index contributed by atoms with van der Waals surface area (Å²) in [5, 5.41) is 8.71. The van der Waals surface area contributed by atoms with E-state index in [1.807, 2.05) is 31.2 Å². The van der Waals surface area contributed by atoms with Gasteiger partial charge in [-0.15, -0.1) is 11.8 Å². The van der Waals surface area contributed by atoms with Gasteiger partial charge in [-0.2, -0.15) is 0 Å². The Hall–Kier alpha value is -1.69. The van der Waals surface area contributed by atoms with Crippen molar-refractivity contribution in [2.24, 2.45) is 0 Å². The van der Waals surface area contributed by atoms with Crippen molar-refractivity contribution in [2.75, 3.05) is 18.8 Å². The molecule has 0 aromatic heterocycles. The molecule has 0 saturated carbocycles. The van der Waals surface area contributed by atoms with Crippen LogP contribution in [-0.2, 0) is 9.59 Å². The van der Waals surface area contributed by atoms with Crippen LogP contribution in [0.3, 0.4) is 0 Å². The predicted molar refractivity (Wildman–Crippen MR) is 76.1 cm³/mol. The quantitative estimate of drug-likeness (QED) is 0.898. The summed E-state index contributed by atoms with van der Waals surface area (Å²) < 4.78 is 5.72. The van der Waals surface area contributed by atoms with Crippen LogP contribution in [0.1, 0.15) is 13.3 Å². The van der Waals surface area contributed by atoms with E-state index in [1.165, 1.54) is 4.90 Å². The third-order valence-electron chi connectivity index (χ3n) is 3.07. The van der Waals surface area contributed by atoms with Crippen LogP contribution in [0.4, 0.5) is 0 Å². The Morgan fingerprint density at radius 2 is 2.20 bits per heavy atom. The molecule has 6 heteroatoms. The van der Waals surface area contributed by atoms with E-state index < -0.39 is 12.1 Å². The molecule has 1 atom stereocenters. The minimum atomic E-state index is -0.902. The van der Waals surface area contributed by atoms with Crippen LogP contribution in [0, 0.1) is 0 Å². The summed E-state index contributed by atoms with van der Waals surface area (Å²) in [5.74, 6) is 0.229. The normalized spacial score (nSPS) is 16.9. The predicted octanol–water partition coefficient (Wildman–Crippen LogP) is 1.86. The molecule has 1 amide bonds. The van der Waals surface area contributed by atoms with E-state index in [0.717, 1.165) is 10.6 Å². The van der Waals surface area contributed by atoms with Crippen LogP contribution < -0.4 is 4.74 Å². The number of likely N-dealkylation sites (N-methyl/N-ethyl adjacent to an activating group) is 1. The molecule has 1 aliphatic rings. The zero-order chi connectivity index (χ0) is 14.5. The Bertz CT molecular complexity index is 506. The minimum Gasteiger partial charge on any atom is -0.481 e. The second kappa shape index (κ2) is 6.65. The number of aliphatic carboxylic acids is 1. The Kier molecular flexibility index (Phi) is 4.89. The number of hydrogen-bond acceptors (Lipinski definition) is 4. The standard InChI is InChI=1S/C14H17NO4S/c1-2-15(8-7-13(16)17)14(18)11-9-20-12-6-4-3-5-10(12)19-11/h3-6,11H,2,7-9H2,1H3,(H,16,17). The summed E-state index contributed by atoms with van der Waals surface area (Å²) in [4.78, 5) is 25.5. The third-order valence-corrected chi connectivity index (χ3v) is 4.19. The molecule has 1 heterocycles. The van der Waals surface area contributed by atoms with Crippen LogP contribution in [0.2, 0.25) is 0 Å². The first kappa shape index (κ1) is 14.7. The topological polar surface area (TPSA) is 66.8 Å². The molecule has 0 saturated heterocycles. The van der Waals surface area contributed by atoms with E-state index in [9.17, 15) is 9.59 Å². The van der Waals surface area contributed by atoms with Gasteiger partial charge in [0.05, 0.1) is 6.42 Å². The number of para-hydroxylation sites is 1. The van der Waals surface area contributed by atoms with Crippen LogP contribution in [0.15, 0.2) is 29.2 Å². The number of benzene rings is 1. The van der Waals surface area contributed by atoms with Crippen LogP contribution in [0.25, 0.3) is 0 Å². The number of carbonyl (C=O) groups is 2. The highest BCUT2D eigenvalue weighted by Gasteiger charge is 2.29. The zero-order valence-corrected chi connectivity index (χ0v) is 12.1. The van der Waals surface area contributed by atoms with Gasteiger partial charge in [0, 0.05) is 23.7 Å². The highest BCUT2D eigenvalue weighted by atomic mass is 32.2. The van der Waals surface area contributed by atoms with Crippen molar-refractivity contribution in [1.82, 2.24) is 4.90 Å². The molecule has 1 N–H and O–H groups in total. The fourth-order valence-corrected chi connectivity index (χ4v) is 2.97. The van der Waals surface area contributed by atoms with Gasteiger partial charge in [-0.05, 0) is 19.1 Å². The van der Waals surface area contributed by atoms with Gasteiger partial charge in [0.25, 0.3) is 5.91 Å². The van der Waals surface area contributed by atoms with Crippen LogP contribution in [0.5, 0.6) is 5.75 Å². The maximum Gasteiger partial charge on any atom is 0.305 e. The molecule has 0 aliphatic carbocycles. The first-order chi connectivity index (χ1) is 9.61. The average molecular weight is 295 g/mol. The average Bonchev–Trinajstić information content (AvgIpc) is 2.47. The SMILES string of the molecule is CCN(CCC(=O)O)C(=O)C1CSc2ccccc2O1. The summed E-state index contributed by atoms with van der Waals surface area (Å²) in [6.07, 6.45) is -0.584. The van der Waals surface area contributed by atoms with Gasteiger partial charge in [0.15, 0.2) is 6.10 Å². The molecule has 20 heavy (non-hydrogen) atoms. The fourth-order valence-electron chi connectivity index (χ4n) is 2.00. The summed E-state index contributed by atoms with van der Waals surface area (Å²) in [7, 11) is 0. The number of ether oxygens (including phenoxy) is 1. The van der Waals surface area contributed by atoms with Gasteiger partial charge < -0.3 is 14.7 Å². The van der Waals surface area contributed by atoms with Gasteiger partial charge in [-0.1, -0.05) is 12.1 Å². The van der Waals surface area contributed by atoms with Crippen LogP contribution >= 0.6 is 11.8 Å². The maximum absolute atomic E-state index is 12.3. The molecule has 1 aliphatic heterocycles. The lowest BCUT2D eigenvalue weighted by Crippen LogP contribution is -2.45. The van der Waals surface area contributed by atoms with E-state index in [-0.39, 0.29) is 18.9 Å². The molecular formula is C14H17NO4S. The number of thioether (sulfide) groups is 1. The summed E-state index contributed by atoms with van der Waals surface area (Å²) in [6.45, 7) is 2.54. The number of hydrogen-bond donors (Lipinski definition) is 1. The number of carboxylic acids is 1. The Morgan fingerprint density at radius 3 is 2.90 bits per heavy atom. The van der Waals surface area contributed by atoms with Crippen molar-refractivity contribution in [3.63, 3.8) is 0 Å². The van der Waals surface area contributed by atoms with Crippen molar-refractivity contribution in [2.45, 2.75) is 24.3 Å². The largest absolute Gasteiger partial charge is 0.481 e. The zero-order valence-electron chi connectivity index (χ0n) is 11.2. The highest BCUT2D eigenvalue weighted by molar-refractivity contribution is 7.99. The van der Waals surface area contributed by atoms with Crippen molar-refractivity contribution in [3.8, 4) is 5.75 Å². The van der Waals surface area contributed by atoms with Crippen molar-refractivity contribution in [1.29, 1.82) is 0 Å². The molecule has 5 nitrogen and oxygen atoms in total. The maximum atomic E-state index is 12.3. The fraction of sp³-hybridized carbons (Fsp3) is 0.429. The number of rotatable bonds is 5. The highest BCUT2D eigenvalue weighted by Crippen LogP contribution is 2.35. The number of carboxylic acid groups (broad SMARTS) is 1. The van der Waals surface area contributed by atoms with Crippen molar-refractivity contribution in [3.05, 3.63) is 24.3 Å². The van der Waals surface area contributed by atoms with Crippen molar-refractivity contribution >= 4 is 23.6 Å². The number of nitrogens with zero attached hydrogens (tertiary/aromatic N) is 1. The lowest BCUT2D eigenvalue weighted by molar-refractivity contribution is -0.140. The van der Waals surface area contributed by atoms with E-state index in [4.69, 9.17) is 9.84 Å². The van der Waals surface area contributed by atoms with Gasteiger partial charge >= 0.3 is 5.97 Å². The van der Waals surface area contributed by atoms with E-state index in [2.05, 4.69) is 0 Å². The van der Waals surface area contributed by atoms with Crippen LogP contribution in [-0.4, -0.2) is 46.8 Å². The molecule has 1 unspecified atom stereocenters. The van der Waals surface area contributed by atoms with E-state index in [1.54, 1.807) is 11.8 Å². The second-order valence-electron chi connectivity index (χ2n) is 4.43. The molecule has 0 bridgehead atoms. The minimum absolute atomic E-state index is 0.0456. The van der Waals surface area contributed by atoms with Gasteiger partial charge in [-0.25, -0.2) is 0 Å². The Labute approximate surface area is 121 Å². The first-order valence-corrected chi connectivity index (χ1v) is 7.49. The molecule has 0 spiro atoms. The number of fused-ring (bicyclic) bond motifs is 1. The Morgan fingerprint density at radius 1 is 1.45 bits per heavy atom. The summed E-state index contributed by atoms with van der Waals surface area (Å²) >= 11 is 1.59. The lowest BCUT2D eigenvalue weighted by Gasteiger charge is -2.29. The molecule has 0 radical (unpaired) electrons. The molecular weight excluding hydrogens is 278 g/mol. The summed E-state index contributed by atoms with van der Waals surface area (Å²) in [6, 6.07) is 7.61. The monoisotopic (exact) mass is 295 g/mol. The van der Waals surface area contributed by atoms with Gasteiger partial charge in [0.2, 0.25) is 0 Å². The second-order valence-corrected chi connectivity index (χ2v) is 5.49. The summed E-state index contributed by atoms with van der Waals surface area (Å²) in [5.41, 5.74) is 0. The number of amides is 1. The smallest absolute Gasteiger partial charge is 0.305 e. The Balaban J connectivity index is 2.01. The lowest BCUT2D eigenvalue weighted by atomic mass is 10.2. The first-order valence-electron chi connectivity index (χ1n) is 6.51. The molecule has 0 fully saturated rings. The molecule has 1 aromatic carbocycles. The van der Waals surface area contributed by atoms with Crippen molar-refractivity contribution < 1.29 is 19.4 Å². The molecule has 1 aromatic rings. The van der Waals surface area contributed by atoms with Gasteiger partial charge in [0.1, 0.15) is 5.75 Å². The third kappa shape index (κ3) is 3.45. The van der Waals surface area contributed by atoms with E-state index in [0.29, 0.717) is 12.3 Å².